The second-order valence-electron chi connectivity index (χ2n) is 14.2. The molecule has 2 aliphatic rings. The number of hydrogen-bond acceptors (Lipinski definition) is 10. The highest BCUT2D eigenvalue weighted by Crippen LogP contribution is 2.43. The van der Waals surface area contributed by atoms with Crippen LogP contribution in [0.15, 0.2) is 73.1 Å². The highest BCUT2D eigenvalue weighted by Gasteiger charge is 2.38. The lowest BCUT2D eigenvalue weighted by Gasteiger charge is -2.27. The van der Waals surface area contributed by atoms with Gasteiger partial charge >= 0.3 is 11.0 Å². The Morgan fingerprint density at radius 2 is 0.891 bits per heavy atom. The van der Waals surface area contributed by atoms with E-state index in [4.69, 9.17) is 44.9 Å². The largest absolute Gasteiger partial charge is 0.741 e. The Labute approximate surface area is 366 Å². The summed E-state index contributed by atoms with van der Waals surface area (Å²) >= 11 is 0. The summed E-state index contributed by atoms with van der Waals surface area (Å²) in [6.07, 6.45) is 15.1. The summed E-state index contributed by atoms with van der Waals surface area (Å²) in [6, 6.07) is 20.9. The summed E-state index contributed by atoms with van der Waals surface area (Å²) < 4.78 is 145. The van der Waals surface area contributed by atoms with Crippen molar-refractivity contribution < 1.29 is 80.4 Å². The molecule has 0 aliphatic carbocycles. The van der Waals surface area contributed by atoms with Crippen LogP contribution in [0.5, 0.6) is 23.0 Å². The molecule has 0 amide bonds. The first-order valence-corrected chi connectivity index (χ1v) is 21.8. The molecule has 12 nitrogen and oxygen atoms in total. The molecule has 3 aromatic carbocycles. The van der Waals surface area contributed by atoms with E-state index in [1.165, 1.54) is 44.8 Å². The van der Waals surface area contributed by atoms with E-state index in [0.29, 0.717) is 0 Å². The predicted octanol–water partition coefficient (Wildman–Crippen LogP) is 7.80. The standard InChI is InChI=1S/C42H42N2O4.2CHF3O3S/c1-27-28(2)36-18-22-44-20-16-30(8-10-32-12-14-34(46-4)26-40(32)48-6)24-38(44)42(36)41-35(27)17-21-43-19-15-29(23-37(41)43)7-9-31-11-13-33(45-3)25-39(31)47-5;2*2-1(3,4)8(5,6)7/h7-16,19-20,23-26H,17-18,21-22H2,1-6H3;2*(H,5,6,7)/q+2;;/p-2/b9-7+,10-8+;;. The van der Waals surface area contributed by atoms with Crippen molar-refractivity contribution >= 4 is 44.5 Å². The SMILES string of the molecule is COc1ccc(/C=C/c2cc[n+]3c(c2)-c2c(c(C)c(C)c4c2-c2cc(/C=C/c5ccc(OC)cc5OC)cc[n+]2CC4)CC3)c(OC)c1.O=S(=O)([O-])C(F)(F)F.O=S(=O)([O-])C(F)(F)F. The lowest BCUT2D eigenvalue weighted by molar-refractivity contribution is -0.689. The normalized spacial score (nSPS) is 13.3. The quantitative estimate of drug-likeness (QED) is 0.0651. The highest BCUT2D eigenvalue weighted by atomic mass is 32.2. The van der Waals surface area contributed by atoms with E-state index < -0.39 is 31.3 Å². The van der Waals surface area contributed by atoms with E-state index in [2.05, 4.69) is 83.9 Å². The average Bonchev–Trinajstić information content (AvgIpc) is 3.24. The number of aryl methyl sites for hydroxylation is 2. The fourth-order valence-corrected chi connectivity index (χ4v) is 7.19. The first-order chi connectivity index (χ1) is 29.9. The van der Waals surface area contributed by atoms with Crippen molar-refractivity contribution in [2.45, 2.75) is 50.8 Å². The van der Waals surface area contributed by atoms with Crippen molar-refractivity contribution in [3.8, 4) is 45.5 Å². The first-order valence-electron chi connectivity index (χ1n) is 19.0. The third-order valence-corrected chi connectivity index (χ3v) is 11.7. The van der Waals surface area contributed by atoms with E-state index in [0.717, 1.165) is 71.2 Å². The molecule has 0 N–H and O–H groups in total. The van der Waals surface area contributed by atoms with Gasteiger partial charge in [-0.05, 0) is 71.5 Å². The van der Waals surface area contributed by atoms with Gasteiger partial charge in [-0.1, -0.05) is 24.3 Å². The number of alkyl halides is 6. The zero-order valence-electron chi connectivity index (χ0n) is 35.1. The number of pyridine rings is 2. The van der Waals surface area contributed by atoms with Gasteiger partial charge in [0.15, 0.2) is 45.7 Å². The minimum Gasteiger partial charge on any atom is -0.741 e. The fraction of sp³-hybridized carbons (Fsp3) is 0.273. The van der Waals surface area contributed by atoms with Gasteiger partial charge in [0, 0.05) is 60.4 Å². The molecule has 0 unspecified atom stereocenters. The van der Waals surface area contributed by atoms with Crippen LogP contribution in [0.4, 0.5) is 26.3 Å². The van der Waals surface area contributed by atoms with Crippen LogP contribution in [0.3, 0.4) is 0 Å². The molecule has 5 aromatic rings. The minimum atomic E-state index is -6.09. The Morgan fingerprint density at radius 3 is 1.19 bits per heavy atom. The monoisotopic (exact) mass is 936 g/mol. The lowest BCUT2D eigenvalue weighted by Crippen LogP contribution is -2.43. The van der Waals surface area contributed by atoms with Crippen LogP contribution in [0.2, 0.25) is 0 Å². The van der Waals surface area contributed by atoms with Crippen molar-refractivity contribution in [2.24, 2.45) is 0 Å². The third kappa shape index (κ3) is 11.0. The van der Waals surface area contributed by atoms with E-state index in [-0.39, 0.29) is 0 Å². The molecule has 64 heavy (non-hydrogen) atoms. The number of benzene rings is 3. The zero-order valence-corrected chi connectivity index (χ0v) is 36.8. The van der Waals surface area contributed by atoms with Gasteiger partial charge in [0.1, 0.15) is 23.0 Å². The number of halogens is 6. The molecule has 20 heteroatoms. The van der Waals surface area contributed by atoms with Crippen LogP contribution < -0.4 is 28.1 Å². The van der Waals surface area contributed by atoms with Gasteiger partial charge in [-0.3, -0.25) is 0 Å². The van der Waals surface area contributed by atoms with Crippen molar-refractivity contribution in [2.75, 3.05) is 28.4 Å². The van der Waals surface area contributed by atoms with Crippen LogP contribution in [-0.4, -0.2) is 65.4 Å². The molecule has 0 radical (unpaired) electrons. The summed E-state index contributed by atoms with van der Waals surface area (Å²) in [5, 5.41) is 0. The second kappa shape index (κ2) is 19.4. The van der Waals surface area contributed by atoms with Crippen molar-refractivity contribution in [3.05, 3.63) is 118 Å². The van der Waals surface area contributed by atoms with Gasteiger partial charge in [-0.2, -0.15) is 35.5 Å². The van der Waals surface area contributed by atoms with E-state index in [9.17, 15) is 26.3 Å². The Hall–Kier alpha value is -5.96. The van der Waals surface area contributed by atoms with Gasteiger partial charge in [-0.25, -0.2) is 16.8 Å². The number of aromatic nitrogens is 2. The number of rotatable bonds is 8. The van der Waals surface area contributed by atoms with E-state index >= 15 is 0 Å². The molecular formula is C44H42F6N2O10S2. The Morgan fingerprint density at radius 1 is 0.547 bits per heavy atom. The molecule has 4 heterocycles. The maximum Gasteiger partial charge on any atom is 0.485 e. The molecule has 0 fully saturated rings. The van der Waals surface area contributed by atoms with Crippen LogP contribution >= 0.6 is 0 Å². The van der Waals surface area contributed by atoms with Crippen molar-refractivity contribution in [3.63, 3.8) is 0 Å². The van der Waals surface area contributed by atoms with Gasteiger partial charge < -0.3 is 28.1 Å². The lowest BCUT2D eigenvalue weighted by atomic mass is 9.79. The van der Waals surface area contributed by atoms with Gasteiger partial charge in [-0.15, -0.1) is 0 Å². The molecule has 0 bridgehead atoms. The topological polar surface area (TPSA) is 159 Å². The molecule has 7 rings (SSSR count). The molecule has 0 atom stereocenters. The van der Waals surface area contributed by atoms with E-state index in [1.807, 2.05) is 36.4 Å². The third-order valence-electron chi connectivity index (χ3n) is 10.5. The molecule has 0 spiro atoms. The predicted molar refractivity (Wildman–Crippen MR) is 223 cm³/mol. The zero-order chi connectivity index (χ0) is 47.4. The summed E-state index contributed by atoms with van der Waals surface area (Å²) in [5.74, 6) is 3.12. The summed E-state index contributed by atoms with van der Waals surface area (Å²) in [7, 11) is -5.45. The van der Waals surface area contributed by atoms with Crippen molar-refractivity contribution in [1.29, 1.82) is 0 Å². The summed E-state index contributed by atoms with van der Waals surface area (Å²) in [5.41, 5.74) is 4.03. The molecule has 2 aromatic heterocycles. The minimum absolute atomic E-state index is 0.776. The number of methoxy groups -OCH3 is 4. The Balaban J connectivity index is 0.000000411. The average molecular weight is 937 g/mol. The Kier molecular flexibility index (Phi) is 14.9. The molecule has 0 saturated heterocycles. The van der Waals surface area contributed by atoms with E-state index in [1.54, 1.807) is 28.4 Å². The number of hydrogen-bond donors (Lipinski definition) is 0. The fourth-order valence-electron chi connectivity index (χ4n) is 7.19. The molecular weight excluding hydrogens is 895 g/mol. The van der Waals surface area contributed by atoms with Gasteiger partial charge in [0.2, 0.25) is 11.4 Å². The van der Waals surface area contributed by atoms with Crippen LogP contribution in [0.25, 0.3) is 46.8 Å². The van der Waals surface area contributed by atoms with Crippen LogP contribution in [0.1, 0.15) is 44.5 Å². The van der Waals surface area contributed by atoms with Crippen molar-refractivity contribution in [1.82, 2.24) is 0 Å². The van der Waals surface area contributed by atoms with Crippen LogP contribution in [0, 0.1) is 13.8 Å². The molecule has 0 saturated carbocycles. The summed E-state index contributed by atoms with van der Waals surface area (Å²) in [6.45, 7) is 6.55. The molecule has 2 aliphatic heterocycles. The maximum atomic E-state index is 10.7. The first kappa shape index (κ1) is 49.1. The second-order valence-corrected chi connectivity index (χ2v) is 17.0. The molecule has 342 valence electrons. The van der Waals surface area contributed by atoms with Crippen LogP contribution in [-0.2, 0) is 46.2 Å². The van der Waals surface area contributed by atoms with Gasteiger partial charge in [0.25, 0.3) is 0 Å². The summed E-state index contributed by atoms with van der Waals surface area (Å²) in [4.78, 5) is 0. The number of nitrogens with zero attached hydrogens (tertiary/aromatic N) is 2. The van der Waals surface area contributed by atoms with Gasteiger partial charge in [0.05, 0.1) is 39.6 Å². The smallest absolute Gasteiger partial charge is 0.485 e. The maximum absolute atomic E-state index is 10.7. The highest BCUT2D eigenvalue weighted by molar-refractivity contribution is 7.86. The Bertz CT molecular complexity index is 2650. The number of fused-ring (bicyclic) bond motifs is 7. The number of ether oxygens (including phenoxy) is 4.